The van der Waals surface area contributed by atoms with Crippen LogP contribution in [0.2, 0.25) is 0 Å². The lowest BCUT2D eigenvalue weighted by atomic mass is 10.2. The lowest BCUT2D eigenvalue weighted by molar-refractivity contribution is 0.0996. The van der Waals surface area contributed by atoms with E-state index in [1.807, 2.05) is 30.3 Å². The number of aromatic nitrogens is 1. The second kappa shape index (κ2) is 5.07. The fourth-order valence-corrected chi connectivity index (χ4v) is 2.45. The largest absolute Gasteiger partial charge is 0.459 e. The molecular formula is C14H10N2O2S. The van der Waals surface area contributed by atoms with Gasteiger partial charge in [-0.15, -0.1) is 0 Å². The van der Waals surface area contributed by atoms with Gasteiger partial charge in [-0.1, -0.05) is 41.7 Å². The molecule has 5 heteroatoms. The van der Waals surface area contributed by atoms with Crippen LogP contribution in [0.1, 0.15) is 10.6 Å². The molecule has 3 aromatic rings. The maximum Gasteiger partial charge on any atom is 0.293 e. The summed E-state index contributed by atoms with van der Waals surface area (Å²) in [6.07, 6.45) is 3.21. The van der Waals surface area contributed by atoms with E-state index < -0.39 is 0 Å². The van der Waals surface area contributed by atoms with Gasteiger partial charge in [0.05, 0.1) is 11.1 Å². The predicted octanol–water partition coefficient (Wildman–Crippen LogP) is 3.66. The predicted molar refractivity (Wildman–Crippen MR) is 74.2 cm³/mol. The van der Waals surface area contributed by atoms with Gasteiger partial charge in [-0.25, -0.2) is 4.98 Å². The molecule has 0 bridgehead atoms. The first-order chi connectivity index (χ1) is 9.33. The van der Waals surface area contributed by atoms with Gasteiger partial charge in [0, 0.05) is 6.20 Å². The summed E-state index contributed by atoms with van der Waals surface area (Å²) in [5, 5.41) is 3.26. The minimum absolute atomic E-state index is 0.275. The standard InChI is InChI=1S/C14H10N2O2S/c17-13(11-7-4-8-18-11)16-14-15-9-12(19-14)10-5-2-1-3-6-10/h1-9H,(H,15,16,17). The van der Waals surface area contributed by atoms with Crippen LogP contribution in [0.3, 0.4) is 0 Å². The van der Waals surface area contributed by atoms with Crippen molar-refractivity contribution in [3.63, 3.8) is 0 Å². The van der Waals surface area contributed by atoms with Crippen LogP contribution in [0.4, 0.5) is 5.13 Å². The van der Waals surface area contributed by atoms with Gasteiger partial charge in [0.1, 0.15) is 0 Å². The summed E-state index contributed by atoms with van der Waals surface area (Å²) in [6.45, 7) is 0. The number of rotatable bonds is 3. The highest BCUT2D eigenvalue weighted by atomic mass is 32.1. The number of benzene rings is 1. The Hall–Kier alpha value is -2.40. The average Bonchev–Trinajstić information content (AvgIpc) is 3.11. The Morgan fingerprint density at radius 2 is 2.00 bits per heavy atom. The van der Waals surface area contributed by atoms with Gasteiger partial charge < -0.3 is 4.42 Å². The van der Waals surface area contributed by atoms with Gasteiger partial charge in [-0.05, 0) is 17.7 Å². The van der Waals surface area contributed by atoms with E-state index in [1.165, 1.54) is 17.6 Å². The molecule has 0 atom stereocenters. The van der Waals surface area contributed by atoms with E-state index in [9.17, 15) is 4.79 Å². The van der Waals surface area contributed by atoms with E-state index in [0.29, 0.717) is 5.13 Å². The molecule has 0 fully saturated rings. The second-order valence-corrected chi connectivity index (χ2v) is 4.86. The van der Waals surface area contributed by atoms with E-state index in [0.717, 1.165) is 10.4 Å². The van der Waals surface area contributed by atoms with Gasteiger partial charge in [0.15, 0.2) is 10.9 Å². The normalized spacial score (nSPS) is 10.3. The Kier molecular flexibility index (Phi) is 3.12. The lowest BCUT2D eigenvalue weighted by Gasteiger charge is -1.97. The summed E-state index contributed by atoms with van der Waals surface area (Å²) >= 11 is 1.43. The zero-order valence-corrected chi connectivity index (χ0v) is 10.7. The molecule has 0 saturated heterocycles. The van der Waals surface area contributed by atoms with Crippen molar-refractivity contribution >= 4 is 22.4 Å². The smallest absolute Gasteiger partial charge is 0.293 e. The maximum atomic E-state index is 11.8. The number of furan rings is 1. The average molecular weight is 270 g/mol. The minimum Gasteiger partial charge on any atom is -0.459 e. The van der Waals surface area contributed by atoms with E-state index in [1.54, 1.807) is 18.3 Å². The van der Waals surface area contributed by atoms with Gasteiger partial charge in [0.25, 0.3) is 5.91 Å². The summed E-state index contributed by atoms with van der Waals surface area (Å²) in [4.78, 5) is 17.0. The highest BCUT2D eigenvalue weighted by Gasteiger charge is 2.11. The van der Waals surface area contributed by atoms with Crippen LogP contribution in [-0.4, -0.2) is 10.9 Å². The number of amides is 1. The third-order valence-electron chi connectivity index (χ3n) is 2.53. The van der Waals surface area contributed by atoms with E-state index >= 15 is 0 Å². The molecule has 4 nitrogen and oxygen atoms in total. The van der Waals surface area contributed by atoms with Crippen LogP contribution in [0.15, 0.2) is 59.3 Å². The zero-order valence-electron chi connectivity index (χ0n) is 9.87. The number of carbonyl (C=O) groups is 1. The Bertz CT molecular complexity index is 675. The van der Waals surface area contributed by atoms with Crippen LogP contribution in [0, 0.1) is 0 Å². The molecule has 3 rings (SSSR count). The van der Waals surface area contributed by atoms with Crippen LogP contribution in [0.25, 0.3) is 10.4 Å². The summed E-state index contributed by atoms with van der Waals surface area (Å²) in [5.41, 5.74) is 1.08. The van der Waals surface area contributed by atoms with Crippen LogP contribution in [-0.2, 0) is 0 Å². The topological polar surface area (TPSA) is 55.1 Å². The molecule has 0 aliphatic rings. The van der Waals surface area contributed by atoms with E-state index in [4.69, 9.17) is 4.42 Å². The van der Waals surface area contributed by atoms with Crippen molar-refractivity contribution in [1.82, 2.24) is 4.98 Å². The maximum absolute atomic E-state index is 11.8. The van der Waals surface area contributed by atoms with Crippen molar-refractivity contribution < 1.29 is 9.21 Å². The fraction of sp³-hybridized carbons (Fsp3) is 0. The monoisotopic (exact) mass is 270 g/mol. The Balaban J connectivity index is 1.77. The van der Waals surface area contributed by atoms with Crippen LogP contribution < -0.4 is 5.32 Å². The summed E-state index contributed by atoms with van der Waals surface area (Å²) in [6, 6.07) is 13.2. The van der Waals surface area contributed by atoms with Gasteiger partial charge >= 0.3 is 0 Å². The quantitative estimate of drug-likeness (QED) is 0.790. The molecule has 2 heterocycles. The molecule has 2 aromatic heterocycles. The molecule has 19 heavy (non-hydrogen) atoms. The van der Waals surface area contributed by atoms with Gasteiger partial charge in [-0.3, -0.25) is 10.1 Å². The zero-order chi connectivity index (χ0) is 13.1. The summed E-state index contributed by atoms with van der Waals surface area (Å²) in [5.74, 6) is -0.0181. The minimum atomic E-state index is -0.293. The van der Waals surface area contributed by atoms with Crippen LogP contribution in [0.5, 0.6) is 0 Å². The van der Waals surface area contributed by atoms with Gasteiger partial charge in [-0.2, -0.15) is 0 Å². The third-order valence-corrected chi connectivity index (χ3v) is 3.49. The molecule has 1 aromatic carbocycles. The Morgan fingerprint density at radius 1 is 1.16 bits per heavy atom. The molecule has 0 aliphatic heterocycles. The van der Waals surface area contributed by atoms with Gasteiger partial charge in [0.2, 0.25) is 0 Å². The fourth-order valence-electron chi connectivity index (χ4n) is 1.63. The number of hydrogen-bond acceptors (Lipinski definition) is 4. The van der Waals surface area contributed by atoms with Crippen molar-refractivity contribution in [2.24, 2.45) is 0 Å². The number of hydrogen-bond donors (Lipinski definition) is 1. The number of nitrogens with zero attached hydrogens (tertiary/aromatic N) is 1. The third kappa shape index (κ3) is 2.56. The molecule has 94 valence electrons. The molecule has 0 spiro atoms. The van der Waals surface area contributed by atoms with Crippen molar-refractivity contribution in [2.45, 2.75) is 0 Å². The molecule has 0 aliphatic carbocycles. The Morgan fingerprint density at radius 3 is 2.74 bits per heavy atom. The molecule has 0 unspecified atom stereocenters. The molecule has 0 radical (unpaired) electrons. The number of nitrogens with one attached hydrogen (secondary N) is 1. The number of thiazole rings is 1. The summed E-state index contributed by atoms with van der Waals surface area (Å²) in [7, 11) is 0. The van der Waals surface area contributed by atoms with Crippen LogP contribution >= 0.6 is 11.3 Å². The second-order valence-electron chi connectivity index (χ2n) is 3.83. The summed E-state index contributed by atoms with van der Waals surface area (Å²) < 4.78 is 5.02. The first-order valence-corrected chi connectivity index (χ1v) is 6.51. The van der Waals surface area contributed by atoms with Crippen molar-refractivity contribution in [1.29, 1.82) is 0 Å². The van der Waals surface area contributed by atoms with Crippen molar-refractivity contribution in [3.8, 4) is 10.4 Å². The lowest BCUT2D eigenvalue weighted by Crippen LogP contribution is -2.10. The number of carbonyl (C=O) groups excluding carboxylic acids is 1. The van der Waals surface area contributed by atoms with E-state index in [2.05, 4.69) is 10.3 Å². The van der Waals surface area contributed by atoms with Crippen molar-refractivity contribution in [3.05, 3.63) is 60.7 Å². The van der Waals surface area contributed by atoms with E-state index in [-0.39, 0.29) is 11.7 Å². The van der Waals surface area contributed by atoms with Crippen molar-refractivity contribution in [2.75, 3.05) is 5.32 Å². The first-order valence-electron chi connectivity index (χ1n) is 5.69. The molecule has 0 saturated carbocycles. The SMILES string of the molecule is O=C(Nc1ncc(-c2ccccc2)s1)c1ccco1. The molecular weight excluding hydrogens is 260 g/mol. The highest BCUT2D eigenvalue weighted by molar-refractivity contribution is 7.19. The Labute approximate surface area is 113 Å². The first kappa shape index (κ1) is 11.7. The highest BCUT2D eigenvalue weighted by Crippen LogP contribution is 2.28. The molecule has 1 N–H and O–H groups in total. The number of anilines is 1. The molecule has 1 amide bonds.